The molecule has 0 fully saturated rings. The van der Waals surface area contributed by atoms with Crippen LogP contribution in [0.2, 0.25) is 0 Å². The Morgan fingerprint density at radius 2 is 2.04 bits per heavy atom. The molecule has 0 amide bonds. The molecular weight excluding hydrogens is 360 g/mol. The molecule has 0 spiro atoms. The smallest absolute Gasteiger partial charge is 0.357 e. The number of benzene rings is 1. The third-order valence-electron chi connectivity index (χ3n) is 3.32. The monoisotopic (exact) mass is 380 g/mol. The number of ether oxygens (including phenoxy) is 1. The van der Waals surface area contributed by atoms with E-state index in [9.17, 15) is 13.2 Å². The van der Waals surface area contributed by atoms with Crippen molar-refractivity contribution in [3.8, 4) is 0 Å². The van der Waals surface area contributed by atoms with E-state index in [-0.39, 0.29) is 12.2 Å². The first kappa shape index (κ1) is 19.3. The number of nitrogens with zero attached hydrogens (tertiary/aromatic N) is 2. The highest BCUT2D eigenvalue weighted by molar-refractivity contribution is 7.92. The number of carbonyl (C=O) groups excluding carboxylic acids is 1. The minimum atomic E-state index is -3.59. The Hall–Kier alpha value is -2.03. The third kappa shape index (κ3) is 5.48. The first-order valence-corrected chi connectivity index (χ1v) is 10.1. The highest BCUT2D eigenvalue weighted by atomic mass is 32.2. The van der Waals surface area contributed by atoms with Crippen molar-refractivity contribution < 1.29 is 17.9 Å². The summed E-state index contributed by atoms with van der Waals surface area (Å²) in [6.07, 6.45) is 2.24. The SMILES string of the molecule is CCCN(Cc1nc(C(=O)OC)cs1)S(=O)(=O)C=Cc1ccccc1. The molecule has 0 aliphatic rings. The fourth-order valence-corrected chi connectivity index (χ4v) is 4.19. The van der Waals surface area contributed by atoms with Crippen LogP contribution in [0.1, 0.15) is 34.4 Å². The van der Waals surface area contributed by atoms with Crippen molar-refractivity contribution in [3.63, 3.8) is 0 Å². The van der Waals surface area contributed by atoms with Gasteiger partial charge in [0, 0.05) is 17.3 Å². The van der Waals surface area contributed by atoms with Gasteiger partial charge in [-0.3, -0.25) is 0 Å². The van der Waals surface area contributed by atoms with Crippen molar-refractivity contribution in [3.05, 3.63) is 57.4 Å². The number of thiazole rings is 1. The first-order chi connectivity index (χ1) is 12.0. The lowest BCUT2D eigenvalue weighted by molar-refractivity contribution is 0.0594. The predicted octanol–water partition coefficient (Wildman–Crippen LogP) is 3.14. The number of hydrogen-bond donors (Lipinski definition) is 0. The van der Waals surface area contributed by atoms with E-state index in [1.807, 2.05) is 37.3 Å². The van der Waals surface area contributed by atoms with Crippen LogP contribution in [0.4, 0.5) is 0 Å². The maximum Gasteiger partial charge on any atom is 0.357 e. The summed E-state index contributed by atoms with van der Waals surface area (Å²) in [5, 5.41) is 3.32. The van der Waals surface area contributed by atoms with Gasteiger partial charge in [-0.15, -0.1) is 11.3 Å². The topological polar surface area (TPSA) is 76.6 Å². The van der Waals surface area contributed by atoms with Crippen molar-refractivity contribution in [1.82, 2.24) is 9.29 Å². The van der Waals surface area contributed by atoms with E-state index < -0.39 is 16.0 Å². The molecule has 0 aliphatic heterocycles. The fraction of sp³-hybridized carbons (Fsp3) is 0.294. The zero-order valence-electron chi connectivity index (χ0n) is 14.1. The molecule has 1 aromatic heterocycles. The first-order valence-electron chi connectivity index (χ1n) is 7.72. The molecule has 1 aromatic carbocycles. The second-order valence-corrected chi connectivity index (χ2v) is 7.97. The summed E-state index contributed by atoms with van der Waals surface area (Å²) in [5.41, 5.74) is 1.00. The quantitative estimate of drug-likeness (QED) is 0.658. The average molecular weight is 380 g/mol. The molecule has 0 bridgehead atoms. The Balaban J connectivity index is 2.17. The van der Waals surface area contributed by atoms with E-state index in [0.717, 1.165) is 5.56 Å². The Kier molecular flexibility index (Phi) is 6.86. The fourth-order valence-electron chi connectivity index (χ4n) is 2.09. The zero-order valence-corrected chi connectivity index (χ0v) is 15.7. The molecule has 2 rings (SSSR count). The van der Waals surface area contributed by atoms with E-state index in [2.05, 4.69) is 9.72 Å². The van der Waals surface area contributed by atoms with Gasteiger partial charge in [-0.1, -0.05) is 37.3 Å². The van der Waals surface area contributed by atoms with Gasteiger partial charge in [-0.05, 0) is 18.1 Å². The Morgan fingerprint density at radius 1 is 1.32 bits per heavy atom. The van der Waals surface area contributed by atoms with Gasteiger partial charge in [-0.25, -0.2) is 18.2 Å². The lowest BCUT2D eigenvalue weighted by atomic mass is 10.2. The molecule has 25 heavy (non-hydrogen) atoms. The predicted molar refractivity (Wildman–Crippen MR) is 98.6 cm³/mol. The molecular formula is C17H20N2O4S2. The number of methoxy groups -OCH3 is 1. The van der Waals surface area contributed by atoms with Crippen LogP contribution in [0.5, 0.6) is 0 Å². The summed E-state index contributed by atoms with van der Waals surface area (Å²) in [4.78, 5) is 15.6. The summed E-state index contributed by atoms with van der Waals surface area (Å²) in [7, 11) is -2.31. The van der Waals surface area contributed by atoms with Gasteiger partial charge in [0.2, 0.25) is 10.0 Å². The minimum Gasteiger partial charge on any atom is -0.464 e. The van der Waals surface area contributed by atoms with E-state index in [0.29, 0.717) is 18.0 Å². The normalized spacial score (nSPS) is 12.0. The van der Waals surface area contributed by atoms with Gasteiger partial charge >= 0.3 is 5.97 Å². The lowest BCUT2D eigenvalue weighted by Gasteiger charge is -2.18. The molecule has 0 N–H and O–H groups in total. The number of esters is 1. The molecule has 0 unspecified atom stereocenters. The molecule has 0 saturated carbocycles. The van der Waals surface area contributed by atoms with Gasteiger partial charge in [0.15, 0.2) is 5.69 Å². The second kappa shape index (κ2) is 8.89. The molecule has 1 heterocycles. The van der Waals surface area contributed by atoms with E-state index in [1.54, 1.807) is 11.5 Å². The summed E-state index contributed by atoms with van der Waals surface area (Å²) in [6, 6.07) is 9.23. The Bertz CT molecular complexity index is 829. The highest BCUT2D eigenvalue weighted by Crippen LogP contribution is 2.17. The maximum atomic E-state index is 12.6. The van der Waals surface area contributed by atoms with Gasteiger partial charge < -0.3 is 4.74 Å². The summed E-state index contributed by atoms with van der Waals surface area (Å²) >= 11 is 1.24. The van der Waals surface area contributed by atoms with Gasteiger partial charge in [0.1, 0.15) is 5.01 Å². The van der Waals surface area contributed by atoms with Crippen molar-refractivity contribution in [2.45, 2.75) is 19.9 Å². The van der Waals surface area contributed by atoms with Crippen LogP contribution in [0.25, 0.3) is 6.08 Å². The molecule has 0 radical (unpaired) electrons. The van der Waals surface area contributed by atoms with Crippen LogP contribution in [0, 0.1) is 0 Å². The second-order valence-electron chi connectivity index (χ2n) is 5.21. The standard InChI is InChI=1S/C17H20N2O4S2/c1-3-10-19(12-16-18-15(13-24-16)17(20)23-2)25(21,22)11-9-14-7-5-4-6-8-14/h4-9,11,13H,3,10,12H2,1-2H3. The van der Waals surface area contributed by atoms with Crippen molar-refractivity contribution in [2.75, 3.05) is 13.7 Å². The summed E-state index contributed by atoms with van der Waals surface area (Å²) in [5.74, 6) is -0.531. The molecule has 0 atom stereocenters. The van der Waals surface area contributed by atoms with Crippen LogP contribution in [-0.2, 0) is 21.3 Å². The number of sulfonamides is 1. The maximum absolute atomic E-state index is 12.6. The number of carbonyl (C=O) groups is 1. The van der Waals surface area contributed by atoms with Crippen LogP contribution in [-0.4, -0.2) is 37.3 Å². The van der Waals surface area contributed by atoms with Crippen LogP contribution in [0.15, 0.2) is 41.1 Å². The summed E-state index contributed by atoms with van der Waals surface area (Å²) in [6.45, 7) is 2.40. The number of aromatic nitrogens is 1. The molecule has 0 saturated heterocycles. The van der Waals surface area contributed by atoms with Crippen LogP contribution in [0.3, 0.4) is 0 Å². The average Bonchev–Trinajstić information content (AvgIpc) is 3.08. The van der Waals surface area contributed by atoms with E-state index in [1.165, 1.54) is 28.2 Å². The molecule has 134 valence electrons. The van der Waals surface area contributed by atoms with Crippen LogP contribution < -0.4 is 0 Å². The largest absolute Gasteiger partial charge is 0.464 e. The molecule has 0 aliphatic carbocycles. The number of rotatable bonds is 8. The Labute approximate surface area is 151 Å². The minimum absolute atomic E-state index is 0.122. The summed E-state index contributed by atoms with van der Waals surface area (Å²) < 4.78 is 31.2. The van der Waals surface area contributed by atoms with E-state index >= 15 is 0 Å². The van der Waals surface area contributed by atoms with Crippen LogP contribution >= 0.6 is 11.3 Å². The number of hydrogen-bond acceptors (Lipinski definition) is 6. The van der Waals surface area contributed by atoms with E-state index in [4.69, 9.17) is 0 Å². The molecule has 8 heteroatoms. The third-order valence-corrected chi connectivity index (χ3v) is 5.67. The Morgan fingerprint density at radius 3 is 2.68 bits per heavy atom. The zero-order chi connectivity index (χ0) is 18.3. The van der Waals surface area contributed by atoms with Gasteiger partial charge in [0.25, 0.3) is 0 Å². The van der Waals surface area contributed by atoms with Crippen molar-refractivity contribution in [1.29, 1.82) is 0 Å². The highest BCUT2D eigenvalue weighted by Gasteiger charge is 2.21. The van der Waals surface area contributed by atoms with Gasteiger partial charge in [-0.2, -0.15) is 4.31 Å². The molecule has 2 aromatic rings. The molecule has 6 nitrogen and oxygen atoms in total. The lowest BCUT2D eigenvalue weighted by Crippen LogP contribution is -2.29. The van der Waals surface area contributed by atoms with Gasteiger partial charge in [0.05, 0.1) is 13.7 Å². The van der Waals surface area contributed by atoms with Crippen molar-refractivity contribution >= 4 is 33.4 Å². The van der Waals surface area contributed by atoms with Crippen molar-refractivity contribution in [2.24, 2.45) is 0 Å².